The van der Waals surface area contributed by atoms with E-state index in [0.29, 0.717) is 17.4 Å². The molecule has 1 unspecified atom stereocenters. The van der Waals surface area contributed by atoms with Crippen LogP contribution in [-0.4, -0.2) is 23.5 Å². The third-order valence-corrected chi connectivity index (χ3v) is 2.21. The van der Waals surface area contributed by atoms with Gasteiger partial charge in [0.2, 0.25) is 0 Å². The number of anilines is 2. The summed E-state index contributed by atoms with van der Waals surface area (Å²) >= 11 is 0. The van der Waals surface area contributed by atoms with Gasteiger partial charge in [0.05, 0.1) is 11.9 Å². The topological polar surface area (TPSA) is 79.1 Å². The van der Waals surface area contributed by atoms with E-state index in [1.54, 1.807) is 18.0 Å². The van der Waals surface area contributed by atoms with Crippen LogP contribution in [0.1, 0.15) is 13.3 Å². The molecule has 1 aromatic rings. The minimum atomic E-state index is 0.483. The lowest BCUT2D eigenvalue weighted by atomic mass is 10.1. The van der Waals surface area contributed by atoms with Crippen molar-refractivity contribution in [3.8, 4) is 0 Å². The van der Waals surface area contributed by atoms with E-state index in [1.165, 1.54) is 0 Å². The highest BCUT2D eigenvalue weighted by Gasteiger charge is 2.08. The molecule has 0 amide bonds. The Bertz CT molecular complexity index is 284. The predicted octanol–water partition coefficient (Wildman–Crippen LogP) is 0.720. The van der Waals surface area contributed by atoms with Crippen LogP contribution in [0.15, 0.2) is 6.20 Å². The number of ether oxygens (including phenoxy) is 1. The molecule has 0 aromatic carbocycles. The molecule has 0 radical (unpaired) electrons. The van der Waals surface area contributed by atoms with Crippen LogP contribution in [0.4, 0.5) is 11.5 Å². The third kappa shape index (κ3) is 2.63. The molecule has 0 bridgehead atoms. The Morgan fingerprint density at radius 3 is 2.79 bits per heavy atom. The molecule has 1 rings (SSSR count). The first-order chi connectivity index (χ1) is 6.65. The summed E-state index contributed by atoms with van der Waals surface area (Å²) in [6, 6.07) is 0. The SMILES string of the molecule is COCCC(C)Cn1ncc(N)c1N. The van der Waals surface area contributed by atoms with E-state index in [-0.39, 0.29) is 0 Å². The van der Waals surface area contributed by atoms with Gasteiger partial charge in [0.1, 0.15) is 5.82 Å². The number of methoxy groups -OCH3 is 1. The summed E-state index contributed by atoms with van der Waals surface area (Å²) in [5.41, 5.74) is 11.9. The maximum absolute atomic E-state index is 5.72. The van der Waals surface area contributed by atoms with E-state index in [0.717, 1.165) is 19.6 Å². The van der Waals surface area contributed by atoms with Crippen molar-refractivity contribution in [1.82, 2.24) is 9.78 Å². The molecule has 1 atom stereocenters. The van der Waals surface area contributed by atoms with E-state index in [1.807, 2.05) is 0 Å². The molecule has 4 N–H and O–H groups in total. The maximum atomic E-state index is 5.72. The van der Waals surface area contributed by atoms with Gasteiger partial charge < -0.3 is 16.2 Å². The first kappa shape index (κ1) is 10.8. The Kier molecular flexibility index (Phi) is 3.76. The predicted molar refractivity (Wildman–Crippen MR) is 56.7 cm³/mol. The van der Waals surface area contributed by atoms with Gasteiger partial charge in [-0.05, 0) is 12.3 Å². The number of nitrogen functional groups attached to an aromatic ring is 2. The monoisotopic (exact) mass is 198 g/mol. The second kappa shape index (κ2) is 4.85. The van der Waals surface area contributed by atoms with Gasteiger partial charge in [-0.1, -0.05) is 6.92 Å². The molecule has 1 heterocycles. The second-order valence-electron chi connectivity index (χ2n) is 3.55. The molecular formula is C9H18N4O. The average molecular weight is 198 g/mol. The van der Waals surface area contributed by atoms with Gasteiger partial charge in [0.15, 0.2) is 0 Å². The first-order valence-corrected chi connectivity index (χ1v) is 4.70. The summed E-state index contributed by atoms with van der Waals surface area (Å²) in [6.07, 6.45) is 2.58. The summed E-state index contributed by atoms with van der Waals surface area (Å²) < 4.78 is 6.73. The molecule has 0 aliphatic rings. The van der Waals surface area contributed by atoms with Crippen molar-refractivity contribution < 1.29 is 4.74 Å². The molecular weight excluding hydrogens is 180 g/mol. The lowest BCUT2D eigenvalue weighted by Gasteiger charge is -2.11. The maximum Gasteiger partial charge on any atom is 0.145 e. The number of aromatic nitrogens is 2. The van der Waals surface area contributed by atoms with Gasteiger partial charge in [-0.2, -0.15) is 5.10 Å². The molecule has 1 aromatic heterocycles. The van der Waals surface area contributed by atoms with Crippen molar-refractivity contribution in [1.29, 1.82) is 0 Å². The number of hydrogen-bond donors (Lipinski definition) is 2. The van der Waals surface area contributed by atoms with Crippen LogP contribution in [0.25, 0.3) is 0 Å². The fourth-order valence-electron chi connectivity index (χ4n) is 1.26. The van der Waals surface area contributed by atoms with Gasteiger partial charge in [0.25, 0.3) is 0 Å². The van der Waals surface area contributed by atoms with Crippen LogP contribution in [0.3, 0.4) is 0 Å². The number of hydrogen-bond acceptors (Lipinski definition) is 4. The number of nitrogens with zero attached hydrogens (tertiary/aromatic N) is 2. The van der Waals surface area contributed by atoms with Crippen LogP contribution in [0, 0.1) is 5.92 Å². The lowest BCUT2D eigenvalue weighted by molar-refractivity contribution is 0.175. The lowest BCUT2D eigenvalue weighted by Crippen LogP contribution is -2.13. The minimum Gasteiger partial charge on any atom is -0.394 e. The molecule has 0 aliphatic carbocycles. The zero-order valence-corrected chi connectivity index (χ0v) is 8.73. The van der Waals surface area contributed by atoms with Crippen LogP contribution < -0.4 is 11.5 Å². The third-order valence-electron chi connectivity index (χ3n) is 2.21. The Labute approximate surface area is 84.0 Å². The fourth-order valence-corrected chi connectivity index (χ4v) is 1.26. The normalized spacial score (nSPS) is 13.0. The van der Waals surface area contributed by atoms with Crippen molar-refractivity contribution in [3.05, 3.63) is 6.20 Å². The first-order valence-electron chi connectivity index (χ1n) is 4.70. The molecule has 0 aliphatic heterocycles. The van der Waals surface area contributed by atoms with Gasteiger partial charge in [-0.3, -0.25) is 0 Å². The zero-order valence-electron chi connectivity index (χ0n) is 8.73. The van der Waals surface area contributed by atoms with Gasteiger partial charge >= 0.3 is 0 Å². The Balaban J connectivity index is 2.47. The summed E-state index contributed by atoms with van der Waals surface area (Å²) in [4.78, 5) is 0. The molecule has 0 fully saturated rings. The van der Waals surface area contributed by atoms with Crippen molar-refractivity contribution in [2.75, 3.05) is 25.2 Å². The number of nitrogens with two attached hydrogens (primary N) is 2. The second-order valence-corrected chi connectivity index (χ2v) is 3.55. The number of rotatable bonds is 5. The molecule has 5 nitrogen and oxygen atoms in total. The quantitative estimate of drug-likeness (QED) is 0.730. The Hall–Kier alpha value is -1.23. The van der Waals surface area contributed by atoms with E-state index in [4.69, 9.17) is 16.2 Å². The van der Waals surface area contributed by atoms with Crippen molar-refractivity contribution in [3.63, 3.8) is 0 Å². The fraction of sp³-hybridized carbons (Fsp3) is 0.667. The van der Waals surface area contributed by atoms with E-state index in [2.05, 4.69) is 12.0 Å². The van der Waals surface area contributed by atoms with Crippen molar-refractivity contribution in [2.24, 2.45) is 5.92 Å². The van der Waals surface area contributed by atoms with Crippen LogP contribution in [0.2, 0.25) is 0 Å². The summed E-state index contributed by atoms with van der Waals surface area (Å²) in [6.45, 7) is 3.68. The smallest absolute Gasteiger partial charge is 0.145 e. The van der Waals surface area contributed by atoms with Gasteiger partial charge in [-0.15, -0.1) is 0 Å². The van der Waals surface area contributed by atoms with Crippen LogP contribution >= 0.6 is 0 Å². The van der Waals surface area contributed by atoms with Crippen LogP contribution in [0.5, 0.6) is 0 Å². The molecule has 0 saturated heterocycles. The summed E-state index contributed by atoms with van der Waals surface area (Å²) in [7, 11) is 1.70. The van der Waals surface area contributed by atoms with Crippen molar-refractivity contribution >= 4 is 11.5 Å². The Morgan fingerprint density at radius 1 is 1.57 bits per heavy atom. The van der Waals surface area contributed by atoms with Crippen LogP contribution in [-0.2, 0) is 11.3 Å². The largest absolute Gasteiger partial charge is 0.394 e. The van der Waals surface area contributed by atoms with E-state index in [9.17, 15) is 0 Å². The molecule has 80 valence electrons. The molecule has 0 spiro atoms. The summed E-state index contributed by atoms with van der Waals surface area (Å²) in [5.74, 6) is 1.03. The highest BCUT2D eigenvalue weighted by molar-refractivity contribution is 5.56. The highest BCUT2D eigenvalue weighted by Crippen LogP contribution is 2.15. The summed E-state index contributed by atoms with van der Waals surface area (Å²) in [5, 5.41) is 4.09. The molecule has 0 saturated carbocycles. The van der Waals surface area contributed by atoms with Crippen molar-refractivity contribution in [2.45, 2.75) is 19.9 Å². The minimum absolute atomic E-state index is 0.483. The van der Waals surface area contributed by atoms with E-state index >= 15 is 0 Å². The van der Waals surface area contributed by atoms with Gasteiger partial charge in [-0.25, -0.2) is 4.68 Å². The molecule has 5 heteroatoms. The average Bonchev–Trinajstić information content (AvgIpc) is 2.46. The van der Waals surface area contributed by atoms with E-state index < -0.39 is 0 Å². The highest BCUT2D eigenvalue weighted by atomic mass is 16.5. The zero-order chi connectivity index (χ0) is 10.6. The standard InChI is InChI=1S/C9H18N4O/c1-7(3-4-14-2)6-13-9(11)8(10)5-12-13/h5,7H,3-4,6,10-11H2,1-2H3. The van der Waals surface area contributed by atoms with Gasteiger partial charge in [0, 0.05) is 20.3 Å². The Morgan fingerprint density at radius 2 is 2.29 bits per heavy atom. The molecule has 14 heavy (non-hydrogen) atoms.